The van der Waals surface area contributed by atoms with Gasteiger partial charge in [0.1, 0.15) is 17.1 Å². The number of carbonyl (C=O) groups excluding carboxylic acids is 1. The highest BCUT2D eigenvalue weighted by atomic mass is 35.5. The van der Waals surface area contributed by atoms with Gasteiger partial charge in [0, 0.05) is 15.5 Å². The Morgan fingerprint density at radius 2 is 1.94 bits per heavy atom. The third kappa shape index (κ3) is 4.50. The second kappa shape index (κ2) is 9.32. The zero-order chi connectivity index (χ0) is 22.8. The Hall–Kier alpha value is -2.87. The number of rotatable bonds is 6. The van der Waals surface area contributed by atoms with E-state index in [-0.39, 0.29) is 12.1 Å². The van der Waals surface area contributed by atoms with Gasteiger partial charge >= 0.3 is 0 Å². The van der Waals surface area contributed by atoms with Crippen molar-refractivity contribution < 1.29 is 9.53 Å². The van der Waals surface area contributed by atoms with Gasteiger partial charge in [0.15, 0.2) is 0 Å². The molecule has 2 aromatic heterocycles. The molecule has 2 heterocycles. The van der Waals surface area contributed by atoms with Gasteiger partial charge in [0.2, 0.25) is 5.91 Å². The fourth-order valence-corrected chi connectivity index (χ4v) is 4.76. The number of nitrogens with zero attached hydrogens (tertiary/aromatic N) is 2. The molecule has 0 aliphatic carbocycles. The van der Waals surface area contributed by atoms with Crippen molar-refractivity contribution in [2.75, 3.05) is 11.9 Å². The lowest BCUT2D eigenvalue weighted by atomic mass is 10.0. The van der Waals surface area contributed by atoms with Crippen molar-refractivity contribution in [1.82, 2.24) is 9.55 Å². The number of thiophene rings is 1. The molecule has 2 aromatic carbocycles. The first kappa shape index (κ1) is 22.3. The summed E-state index contributed by atoms with van der Waals surface area (Å²) in [7, 11) is 0. The van der Waals surface area contributed by atoms with Crippen molar-refractivity contribution in [3.63, 3.8) is 0 Å². The maximum absolute atomic E-state index is 13.3. The summed E-state index contributed by atoms with van der Waals surface area (Å²) in [6.45, 7) is 4.25. The van der Waals surface area contributed by atoms with Crippen LogP contribution in [0.4, 0.5) is 5.69 Å². The summed E-state index contributed by atoms with van der Waals surface area (Å²) in [6.07, 6.45) is 1.39. The lowest BCUT2D eigenvalue weighted by molar-refractivity contribution is -0.116. The zero-order valence-corrected chi connectivity index (χ0v) is 19.6. The molecule has 1 N–H and O–H groups in total. The minimum Gasteiger partial charge on any atom is -0.494 e. The van der Waals surface area contributed by atoms with Gasteiger partial charge in [-0.05, 0) is 49.7 Å². The Kier molecular flexibility index (Phi) is 6.50. The predicted octanol–water partition coefficient (Wildman–Crippen LogP) is 5.78. The van der Waals surface area contributed by atoms with Crippen LogP contribution >= 0.6 is 34.5 Å². The average Bonchev–Trinajstić information content (AvgIpc) is 3.10. The van der Waals surface area contributed by atoms with Crippen LogP contribution in [-0.2, 0) is 11.3 Å². The molecule has 0 fully saturated rings. The SMILES string of the molecule is CCOc1ccc(-c2c(C)sc3ncn(CC(=O)Nc4cc(Cl)ccc4Cl)c(=O)c23)cc1. The molecule has 0 unspecified atom stereocenters. The number of anilines is 1. The highest BCUT2D eigenvalue weighted by Crippen LogP contribution is 2.36. The molecule has 164 valence electrons. The van der Waals surface area contributed by atoms with E-state index in [1.165, 1.54) is 22.2 Å². The standard InChI is InChI=1S/C23H19Cl2N3O3S/c1-3-31-16-7-4-14(5-8-16)20-13(2)32-22-21(20)23(30)28(12-26-22)11-19(29)27-18-10-15(24)6-9-17(18)25/h4-10,12H,3,11H2,1-2H3,(H,27,29). The molecule has 0 aliphatic rings. The number of carbonyl (C=O) groups is 1. The van der Waals surface area contributed by atoms with Gasteiger partial charge in [-0.15, -0.1) is 11.3 Å². The van der Waals surface area contributed by atoms with Gasteiger partial charge in [-0.25, -0.2) is 4.98 Å². The molecule has 0 saturated carbocycles. The first-order valence-corrected chi connectivity index (χ1v) is 11.4. The molecule has 1 amide bonds. The van der Waals surface area contributed by atoms with Crippen LogP contribution in [0.25, 0.3) is 21.3 Å². The minimum atomic E-state index is -0.410. The number of fused-ring (bicyclic) bond motifs is 1. The van der Waals surface area contributed by atoms with E-state index in [2.05, 4.69) is 10.3 Å². The first-order chi connectivity index (χ1) is 15.4. The molecule has 0 atom stereocenters. The Bertz CT molecular complexity index is 1360. The Balaban J connectivity index is 1.67. The van der Waals surface area contributed by atoms with E-state index in [1.807, 2.05) is 38.1 Å². The van der Waals surface area contributed by atoms with Crippen molar-refractivity contribution in [2.45, 2.75) is 20.4 Å². The lowest BCUT2D eigenvalue weighted by Gasteiger charge is -2.10. The summed E-state index contributed by atoms with van der Waals surface area (Å²) < 4.78 is 6.80. The number of nitrogens with one attached hydrogen (secondary N) is 1. The van der Waals surface area contributed by atoms with Crippen LogP contribution in [-0.4, -0.2) is 22.1 Å². The number of benzene rings is 2. The fourth-order valence-electron chi connectivity index (χ4n) is 3.42. The highest BCUT2D eigenvalue weighted by Gasteiger charge is 2.18. The van der Waals surface area contributed by atoms with Gasteiger partial charge in [-0.3, -0.25) is 14.2 Å². The van der Waals surface area contributed by atoms with Gasteiger partial charge in [0.25, 0.3) is 5.56 Å². The Labute approximate surface area is 198 Å². The molecule has 0 aliphatic heterocycles. The van der Waals surface area contributed by atoms with E-state index in [0.717, 1.165) is 21.8 Å². The van der Waals surface area contributed by atoms with E-state index >= 15 is 0 Å². The summed E-state index contributed by atoms with van der Waals surface area (Å²) in [6, 6.07) is 12.4. The number of amides is 1. The predicted molar refractivity (Wildman–Crippen MR) is 130 cm³/mol. The van der Waals surface area contributed by atoms with Crippen LogP contribution in [0.15, 0.2) is 53.6 Å². The van der Waals surface area contributed by atoms with Crippen LogP contribution < -0.4 is 15.6 Å². The van der Waals surface area contributed by atoms with Crippen molar-refractivity contribution in [3.05, 3.63) is 74.1 Å². The first-order valence-electron chi connectivity index (χ1n) is 9.84. The molecule has 32 heavy (non-hydrogen) atoms. The van der Waals surface area contributed by atoms with Crippen molar-refractivity contribution in [2.24, 2.45) is 0 Å². The summed E-state index contributed by atoms with van der Waals surface area (Å²) in [5.41, 5.74) is 1.81. The summed E-state index contributed by atoms with van der Waals surface area (Å²) in [4.78, 5) is 31.9. The smallest absolute Gasteiger partial charge is 0.263 e. The third-order valence-electron chi connectivity index (χ3n) is 4.83. The Morgan fingerprint density at radius 3 is 2.66 bits per heavy atom. The molecular weight excluding hydrogens is 469 g/mol. The highest BCUT2D eigenvalue weighted by molar-refractivity contribution is 7.19. The number of halogens is 2. The maximum Gasteiger partial charge on any atom is 0.263 e. The van der Waals surface area contributed by atoms with E-state index in [0.29, 0.717) is 32.6 Å². The fraction of sp³-hybridized carbons (Fsp3) is 0.174. The van der Waals surface area contributed by atoms with Gasteiger partial charge in [-0.2, -0.15) is 0 Å². The van der Waals surface area contributed by atoms with E-state index in [9.17, 15) is 9.59 Å². The monoisotopic (exact) mass is 487 g/mol. The van der Waals surface area contributed by atoms with Gasteiger partial charge < -0.3 is 10.1 Å². The van der Waals surface area contributed by atoms with Crippen molar-refractivity contribution in [3.8, 4) is 16.9 Å². The minimum absolute atomic E-state index is 0.206. The van der Waals surface area contributed by atoms with Crippen molar-refractivity contribution in [1.29, 1.82) is 0 Å². The normalized spacial score (nSPS) is 11.0. The molecule has 9 heteroatoms. The van der Waals surface area contributed by atoms with Gasteiger partial charge in [0.05, 0.1) is 29.0 Å². The second-order valence-electron chi connectivity index (χ2n) is 7.02. The van der Waals surface area contributed by atoms with Gasteiger partial charge in [-0.1, -0.05) is 35.3 Å². The number of ether oxygens (including phenoxy) is 1. The summed E-state index contributed by atoms with van der Waals surface area (Å²) in [5, 5.41) is 3.98. The largest absolute Gasteiger partial charge is 0.494 e. The molecular formula is C23H19Cl2N3O3S. The molecule has 0 spiro atoms. The number of aryl methyl sites for hydroxylation is 1. The number of hydrogen-bond acceptors (Lipinski definition) is 5. The van der Waals surface area contributed by atoms with Crippen LogP contribution in [0.2, 0.25) is 10.0 Å². The number of hydrogen-bond donors (Lipinski definition) is 1. The van der Waals surface area contributed by atoms with E-state index in [1.54, 1.807) is 18.2 Å². The van der Waals surface area contributed by atoms with Crippen molar-refractivity contribution >= 4 is 56.3 Å². The topological polar surface area (TPSA) is 73.2 Å². The summed E-state index contributed by atoms with van der Waals surface area (Å²) in [5.74, 6) is 0.354. The van der Waals surface area contributed by atoms with Crippen LogP contribution in [0.3, 0.4) is 0 Å². The average molecular weight is 488 g/mol. The quantitative estimate of drug-likeness (QED) is 0.374. The van der Waals surface area contributed by atoms with Crippen LogP contribution in [0.5, 0.6) is 5.75 Å². The molecule has 4 aromatic rings. The van der Waals surface area contributed by atoms with Crippen LogP contribution in [0, 0.1) is 6.92 Å². The maximum atomic E-state index is 13.3. The lowest BCUT2D eigenvalue weighted by Crippen LogP contribution is -2.27. The zero-order valence-electron chi connectivity index (χ0n) is 17.3. The molecule has 0 bridgehead atoms. The van der Waals surface area contributed by atoms with Crippen LogP contribution in [0.1, 0.15) is 11.8 Å². The molecule has 4 rings (SSSR count). The third-order valence-corrected chi connectivity index (χ3v) is 6.40. The molecule has 0 radical (unpaired) electrons. The molecule has 0 saturated heterocycles. The Morgan fingerprint density at radius 1 is 1.19 bits per heavy atom. The van der Waals surface area contributed by atoms with E-state index in [4.69, 9.17) is 27.9 Å². The van der Waals surface area contributed by atoms with E-state index < -0.39 is 5.91 Å². The number of aromatic nitrogens is 2. The molecule has 6 nitrogen and oxygen atoms in total. The second-order valence-corrected chi connectivity index (χ2v) is 9.07. The summed E-state index contributed by atoms with van der Waals surface area (Å²) >= 11 is 13.5.